The molecule has 2 aliphatic carbocycles. The van der Waals surface area contributed by atoms with Gasteiger partial charge in [-0.25, -0.2) is 0 Å². The van der Waals surface area contributed by atoms with E-state index in [2.05, 4.69) is 15.9 Å². The van der Waals surface area contributed by atoms with E-state index in [0.717, 1.165) is 10.5 Å². The molecule has 0 aromatic heterocycles. The van der Waals surface area contributed by atoms with Crippen LogP contribution in [0.5, 0.6) is 11.5 Å². The highest BCUT2D eigenvalue weighted by Crippen LogP contribution is 2.65. The lowest BCUT2D eigenvalue weighted by molar-refractivity contribution is -0.141. The first-order valence-electron chi connectivity index (χ1n) is 13.8. The zero-order chi connectivity index (χ0) is 30.3. The third-order valence-corrected chi connectivity index (χ3v) is 11.4. The molecule has 11 heteroatoms. The molecule has 6 atom stereocenters. The molecule has 42 heavy (non-hydrogen) atoms. The second-order valence-corrected chi connectivity index (χ2v) is 13.5. The monoisotopic (exact) mass is 674 g/mol. The van der Waals surface area contributed by atoms with Crippen molar-refractivity contribution in [3.05, 3.63) is 70.3 Å². The molecule has 4 amide bonds. The lowest BCUT2D eigenvalue weighted by Gasteiger charge is -2.51. The number of carbonyl (C=O) groups excluding carboxylic acids is 4. The molecule has 2 aromatic carbocycles. The Morgan fingerprint density at radius 1 is 0.929 bits per heavy atom. The van der Waals surface area contributed by atoms with Crippen molar-refractivity contribution in [1.82, 2.24) is 9.80 Å². The molecular formula is C31H29BrCl2N2O6. The van der Waals surface area contributed by atoms with Crippen LogP contribution in [0.3, 0.4) is 0 Å². The predicted molar refractivity (Wildman–Crippen MR) is 159 cm³/mol. The van der Waals surface area contributed by atoms with E-state index in [0.29, 0.717) is 28.7 Å². The number of likely N-dealkylation sites (tertiary alicyclic amines) is 2. The number of aromatic hydroxyl groups is 2. The number of halogens is 3. The van der Waals surface area contributed by atoms with Gasteiger partial charge in [-0.05, 0) is 73.4 Å². The maximum atomic E-state index is 14.0. The van der Waals surface area contributed by atoms with Gasteiger partial charge >= 0.3 is 0 Å². The fraction of sp³-hybridized carbons (Fsp3) is 0.419. The first-order chi connectivity index (χ1) is 19.8. The number of fused-ring (bicyclic) bond motifs is 4. The van der Waals surface area contributed by atoms with Crippen LogP contribution in [0.25, 0.3) is 0 Å². The van der Waals surface area contributed by atoms with E-state index in [4.69, 9.17) is 23.2 Å². The van der Waals surface area contributed by atoms with E-state index in [-0.39, 0.29) is 48.2 Å². The third kappa shape index (κ3) is 3.92. The largest absolute Gasteiger partial charge is 0.508 e. The van der Waals surface area contributed by atoms with Gasteiger partial charge in [0.15, 0.2) is 9.75 Å². The van der Waals surface area contributed by atoms with Crippen LogP contribution in [0, 0.1) is 31.6 Å². The van der Waals surface area contributed by atoms with Crippen LogP contribution in [0.15, 0.2) is 48.0 Å². The Morgan fingerprint density at radius 2 is 1.57 bits per heavy atom. The zero-order valence-corrected chi connectivity index (χ0v) is 26.0. The molecule has 2 saturated heterocycles. The number of amides is 4. The maximum absolute atomic E-state index is 14.0. The number of hydrogen-bond donors (Lipinski definition) is 2. The van der Waals surface area contributed by atoms with E-state index >= 15 is 0 Å². The van der Waals surface area contributed by atoms with Crippen molar-refractivity contribution in [2.24, 2.45) is 17.8 Å². The number of benzene rings is 2. The van der Waals surface area contributed by atoms with Crippen molar-refractivity contribution < 1.29 is 29.4 Å². The number of phenols is 2. The summed E-state index contributed by atoms with van der Waals surface area (Å²) in [5.74, 6) is -4.46. The van der Waals surface area contributed by atoms with Gasteiger partial charge in [-0.15, -0.1) is 23.2 Å². The standard InChI is InChI=1S/C31H29BrCl2N2O6/c1-15-11-18(12-16(2)25(15)38)24-20-7-8-21-23(22(20)13-30(33)28(41)36(14-32)29(42)31(24,30)34)27(40)35(26(21)39)10-9-17-3-5-19(37)6-4-17/h3-7,11-12,21-24,37-38H,8-10,13-14H2,1-2H3/t21-,22+,23-,24-,30+,31-/m0/s1. The van der Waals surface area contributed by atoms with Gasteiger partial charge in [0.2, 0.25) is 11.8 Å². The Balaban J connectivity index is 1.43. The van der Waals surface area contributed by atoms with Crippen LogP contribution < -0.4 is 0 Å². The Bertz CT molecular complexity index is 1550. The van der Waals surface area contributed by atoms with Gasteiger partial charge < -0.3 is 10.2 Å². The average molecular weight is 676 g/mol. The summed E-state index contributed by atoms with van der Waals surface area (Å²) in [6.45, 7) is 3.66. The molecular weight excluding hydrogens is 647 g/mol. The lowest BCUT2D eigenvalue weighted by atomic mass is 9.56. The van der Waals surface area contributed by atoms with Gasteiger partial charge in [0.05, 0.1) is 17.3 Å². The number of phenolic OH excluding ortho intramolecular Hbond substituents is 2. The Morgan fingerprint density at radius 3 is 2.19 bits per heavy atom. The average Bonchev–Trinajstić information content (AvgIpc) is 3.28. The predicted octanol–water partition coefficient (Wildman–Crippen LogP) is 4.67. The molecule has 220 valence electrons. The summed E-state index contributed by atoms with van der Waals surface area (Å²) in [4.78, 5) is 53.7. The van der Waals surface area contributed by atoms with E-state index in [1.807, 2.05) is 6.08 Å². The maximum Gasteiger partial charge on any atom is 0.254 e. The zero-order valence-electron chi connectivity index (χ0n) is 22.9. The Kier molecular flexibility index (Phi) is 7.02. The quantitative estimate of drug-likeness (QED) is 0.206. The van der Waals surface area contributed by atoms with Gasteiger partial charge in [-0.1, -0.05) is 51.8 Å². The van der Waals surface area contributed by atoms with Crippen molar-refractivity contribution in [1.29, 1.82) is 0 Å². The number of aryl methyl sites for hydroxylation is 2. The number of carbonyl (C=O) groups is 4. The fourth-order valence-electron chi connectivity index (χ4n) is 7.47. The van der Waals surface area contributed by atoms with Crippen LogP contribution in [-0.4, -0.2) is 65.4 Å². The summed E-state index contributed by atoms with van der Waals surface area (Å²) in [6, 6.07) is 10.1. The molecule has 4 aliphatic rings. The lowest BCUT2D eigenvalue weighted by Crippen LogP contribution is -2.60. The fourth-order valence-corrected chi connectivity index (χ4v) is 8.90. The summed E-state index contributed by atoms with van der Waals surface area (Å²) in [6.07, 6.45) is 2.54. The minimum atomic E-state index is -1.88. The van der Waals surface area contributed by atoms with Gasteiger partial charge in [0.25, 0.3) is 11.8 Å². The van der Waals surface area contributed by atoms with Crippen molar-refractivity contribution in [3.63, 3.8) is 0 Å². The summed E-state index contributed by atoms with van der Waals surface area (Å²) in [7, 11) is 0. The normalized spacial score (nSPS) is 32.2. The van der Waals surface area contributed by atoms with Crippen LogP contribution in [0.2, 0.25) is 0 Å². The van der Waals surface area contributed by atoms with Crippen molar-refractivity contribution in [3.8, 4) is 11.5 Å². The summed E-state index contributed by atoms with van der Waals surface area (Å²) >= 11 is 17.8. The smallest absolute Gasteiger partial charge is 0.254 e. The summed E-state index contributed by atoms with van der Waals surface area (Å²) in [5, 5.41) is 20.1. The molecule has 2 aliphatic heterocycles. The molecule has 0 radical (unpaired) electrons. The molecule has 2 aromatic rings. The van der Waals surface area contributed by atoms with Crippen molar-refractivity contribution in [2.45, 2.75) is 48.8 Å². The molecule has 0 unspecified atom stereocenters. The first-order valence-corrected chi connectivity index (χ1v) is 15.7. The highest BCUT2D eigenvalue weighted by Gasteiger charge is 2.76. The Hall–Kier alpha value is -2.88. The number of allylic oxidation sites excluding steroid dienone is 2. The van der Waals surface area contributed by atoms with Crippen LogP contribution in [-0.2, 0) is 25.6 Å². The Labute approximate surface area is 261 Å². The number of imide groups is 2. The molecule has 6 rings (SSSR count). The minimum absolute atomic E-state index is 0.0729. The minimum Gasteiger partial charge on any atom is -0.508 e. The molecule has 8 nitrogen and oxygen atoms in total. The molecule has 3 fully saturated rings. The van der Waals surface area contributed by atoms with Gasteiger partial charge in [0.1, 0.15) is 11.5 Å². The van der Waals surface area contributed by atoms with Gasteiger partial charge in [-0.2, -0.15) is 0 Å². The van der Waals surface area contributed by atoms with Crippen LogP contribution in [0.4, 0.5) is 0 Å². The first kappa shape index (κ1) is 29.2. The van der Waals surface area contributed by atoms with E-state index in [1.54, 1.807) is 50.2 Å². The SMILES string of the molecule is Cc1cc([C@H]2C3=CC[C@@H]4C(=O)N(CCc5ccc(O)cc5)C(=O)[C@@H]4[C@@H]3C[C@@]3(Cl)C(=O)N(CBr)C(=O)[C@@]23Cl)cc(C)c1O. The third-order valence-electron chi connectivity index (χ3n) is 9.51. The summed E-state index contributed by atoms with van der Waals surface area (Å²) < 4.78 is 0. The van der Waals surface area contributed by atoms with Crippen molar-refractivity contribution >= 4 is 62.8 Å². The summed E-state index contributed by atoms with van der Waals surface area (Å²) in [5.41, 5.74) is 3.25. The van der Waals surface area contributed by atoms with Crippen LogP contribution in [0.1, 0.15) is 41.0 Å². The van der Waals surface area contributed by atoms with Crippen LogP contribution >= 0.6 is 39.1 Å². The molecule has 0 bridgehead atoms. The highest BCUT2D eigenvalue weighted by atomic mass is 79.9. The second kappa shape index (κ2) is 10.1. The van der Waals surface area contributed by atoms with E-state index in [9.17, 15) is 29.4 Å². The number of nitrogens with zero attached hydrogens (tertiary/aromatic N) is 2. The highest BCUT2D eigenvalue weighted by molar-refractivity contribution is 9.09. The van der Waals surface area contributed by atoms with E-state index in [1.165, 1.54) is 4.90 Å². The van der Waals surface area contributed by atoms with Gasteiger partial charge in [-0.3, -0.25) is 29.0 Å². The number of alkyl halides is 3. The number of hydrogen-bond acceptors (Lipinski definition) is 6. The molecule has 2 heterocycles. The number of rotatable bonds is 5. The van der Waals surface area contributed by atoms with Crippen molar-refractivity contribution in [2.75, 3.05) is 12.0 Å². The molecule has 0 spiro atoms. The van der Waals surface area contributed by atoms with Gasteiger partial charge in [0, 0.05) is 12.5 Å². The topological polar surface area (TPSA) is 115 Å². The molecule has 1 saturated carbocycles. The second-order valence-electron chi connectivity index (χ2n) is 11.7. The van der Waals surface area contributed by atoms with E-state index < -0.39 is 45.2 Å². The molecule has 2 N–H and O–H groups in total.